The van der Waals surface area contributed by atoms with Crippen LogP contribution in [0, 0.1) is 0 Å². The molecule has 0 saturated heterocycles. The Bertz CT molecular complexity index is 513. The maximum Gasteiger partial charge on any atom is 0.330 e. The standard InChI is InChI=1S/C12H10BrNO2S/c13-9-3-1-2-4-10(9)14-11(12(15)16)8-5-6-17-7-8/h1-7,11,14H,(H,15,16). The first-order chi connectivity index (χ1) is 8.18. The zero-order valence-corrected chi connectivity index (χ0v) is 11.2. The number of anilines is 1. The van der Waals surface area contributed by atoms with Crippen LogP contribution in [0.15, 0.2) is 45.6 Å². The quantitative estimate of drug-likeness (QED) is 0.904. The number of aliphatic carboxylic acids is 1. The molecule has 17 heavy (non-hydrogen) atoms. The van der Waals surface area contributed by atoms with Gasteiger partial charge in [-0.2, -0.15) is 11.3 Å². The Hall–Kier alpha value is -1.33. The number of carbonyl (C=O) groups is 1. The molecule has 88 valence electrons. The fourth-order valence-electron chi connectivity index (χ4n) is 1.46. The molecule has 1 aromatic carbocycles. The number of nitrogens with one attached hydrogen (secondary N) is 1. The lowest BCUT2D eigenvalue weighted by Crippen LogP contribution is -2.20. The molecule has 2 aromatic rings. The average Bonchev–Trinajstić information content (AvgIpc) is 2.81. The fourth-order valence-corrected chi connectivity index (χ4v) is 2.55. The minimum absolute atomic E-state index is 0.722. The number of halogens is 1. The third-order valence-electron chi connectivity index (χ3n) is 2.30. The molecule has 0 fully saturated rings. The van der Waals surface area contributed by atoms with Crippen molar-refractivity contribution in [3.05, 3.63) is 51.1 Å². The van der Waals surface area contributed by atoms with E-state index in [-0.39, 0.29) is 0 Å². The second-order valence-electron chi connectivity index (χ2n) is 3.45. The van der Waals surface area contributed by atoms with E-state index < -0.39 is 12.0 Å². The van der Waals surface area contributed by atoms with Crippen LogP contribution in [0.5, 0.6) is 0 Å². The number of carboxylic acid groups (broad SMARTS) is 1. The Morgan fingerprint density at radius 1 is 1.35 bits per heavy atom. The maximum atomic E-state index is 11.2. The summed E-state index contributed by atoms with van der Waals surface area (Å²) >= 11 is 4.87. The van der Waals surface area contributed by atoms with E-state index in [4.69, 9.17) is 0 Å². The van der Waals surface area contributed by atoms with E-state index in [1.807, 2.05) is 41.1 Å². The first-order valence-electron chi connectivity index (χ1n) is 4.94. The predicted octanol–water partition coefficient (Wildman–Crippen LogP) is 3.75. The molecule has 1 aromatic heterocycles. The highest BCUT2D eigenvalue weighted by Gasteiger charge is 2.20. The van der Waals surface area contributed by atoms with Crippen molar-refractivity contribution in [2.45, 2.75) is 6.04 Å². The van der Waals surface area contributed by atoms with Crippen molar-refractivity contribution in [2.75, 3.05) is 5.32 Å². The Balaban J connectivity index is 2.26. The normalized spacial score (nSPS) is 12.1. The zero-order chi connectivity index (χ0) is 12.3. The topological polar surface area (TPSA) is 49.3 Å². The maximum absolute atomic E-state index is 11.2. The molecule has 0 spiro atoms. The van der Waals surface area contributed by atoms with Crippen molar-refractivity contribution in [2.24, 2.45) is 0 Å². The first kappa shape index (κ1) is 12.1. The SMILES string of the molecule is O=C(O)C(Nc1ccccc1Br)c1ccsc1. The van der Waals surface area contributed by atoms with Gasteiger partial charge in [-0.05, 0) is 50.5 Å². The summed E-state index contributed by atoms with van der Waals surface area (Å²) in [7, 11) is 0. The highest BCUT2D eigenvalue weighted by molar-refractivity contribution is 9.10. The number of hydrogen-bond acceptors (Lipinski definition) is 3. The molecule has 3 nitrogen and oxygen atoms in total. The van der Waals surface area contributed by atoms with Gasteiger partial charge >= 0.3 is 5.97 Å². The molecular formula is C12H10BrNO2S. The van der Waals surface area contributed by atoms with E-state index in [1.54, 1.807) is 0 Å². The molecule has 2 N–H and O–H groups in total. The summed E-state index contributed by atoms with van der Waals surface area (Å²) in [6, 6.07) is 8.55. The van der Waals surface area contributed by atoms with Crippen LogP contribution in [0.1, 0.15) is 11.6 Å². The van der Waals surface area contributed by atoms with Crippen LogP contribution in [-0.4, -0.2) is 11.1 Å². The molecular weight excluding hydrogens is 302 g/mol. The summed E-state index contributed by atoms with van der Waals surface area (Å²) < 4.78 is 0.849. The van der Waals surface area contributed by atoms with Gasteiger partial charge in [-0.15, -0.1) is 0 Å². The summed E-state index contributed by atoms with van der Waals surface area (Å²) in [4.78, 5) is 11.2. The van der Waals surface area contributed by atoms with E-state index in [0.717, 1.165) is 15.7 Å². The van der Waals surface area contributed by atoms with Gasteiger partial charge in [-0.25, -0.2) is 4.79 Å². The molecule has 0 aliphatic heterocycles. The van der Waals surface area contributed by atoms with Gasteiger partial charge in [0, 0.05) is 10.2 Å². The van der Waals surface area contributed by atoms with E-state index in [1.165, 1.54) is 11.3 Å². The predicted molar refractivity (Wildman–Crippen MR) is 72.5 cm³/mol. The van der Waals surface area contributed by atoms with Crippen LogP contribution >= 0.6 is 27.3 Å². The molecule has 2 rings (SSSR count). The summed E-state index contributed by atoms with van der Waals surface area (Å²) in [5.74, 6) is -0.890. The number of thiophene rings is 1. The van der Waals surface area contributed by atoms with Gasteiger partial charge in [0.2, 0.25) is 0 Å². The number of benzene rings is 1. The molecule has 5 heteroatoms. The van der Waals surface area contributed by atoms with E-state index >= 15 is 0 Å². The molecule has 1 atom stereocenters. The van der Waals surface area contributed by atoms with Crippen molar-refractivity contribution in [3.63, 3.8) is 0 Å². The summed E-state index contributed by atoms with van der Waals surface area (Å²) in [6.45, 7) is 0. The monoisotopic (exact) mass is 311 g/mol. The van der Waals surface area contributed by atoms with Gasteiger partial charge in [0.1, 0.15) is 0 Å². The van der Waals surface area contributed by atoms with Crippen LogP contribution in [-0.2, 0) is 4.79 Å². The summed E-state index contributed by atoms with van der Waals surface area (Å²) in [6.07, 6.45) is 0. The molecule has 1 heterocycles. The third kappa shape index (κ3) is 2.87. The summed E-state index contributed by atoms with van der Waals surface area (Å²) in [5.41, 5.74) is 1.53. The highest BCUT2D eigenvalue weighted by atomic mass is 79.9. The lowest BCUT2D eigenvalue weighted by atomic mass is 10.1. The van der Waals surface area contributed by atoms with Gasteiger partial charge in [0.15, 0.2) is 6.04 Å². The van der Waals surface area contributed by atoms with Gasteiger partial charge in [0.05, 0.1) is 0 Å². The largest absolute Gasteiger partial charge is 0.479 e. The first-order valence-corrected chi connectivity index (χ1v) is 6.68. The minimum atomic E-state index is -0.890. The van der Waals surface area contributed by atoms with Crippen molar-refractivity contribution < 1.29 is 9.90 Å². The van der Waals surface area contributed by atoms with Gasteiger partial charge < -0.3 is 10.4 Å². The number of para-hydroxylation sites is 1. The molecule has 1 unspecified atom stereocenters. The lowest BCUT2D eigenvalue weighted by Gasteiger charge is -2.15. The molecule has 0 amide bonds. The molecule has 0 aliphatic carbocycles. The fraction of sp³-hybridized carbons (Fsp3) is 0.0833. The van der Waals surface area contributed by atoms with Crippen LogP contribution < -0.4 is 5.32 Å². The lowest BCUT2D eigenvalue weighted by molar-refractivity contribution is -0.138. The molecule has 0 saturated carbocycles. The van der Waals surface area contributed by atoms with Gasteiger partial charge in [-0.1, -0.05) is 12.1 Å². The number of carboxylic acids is 1. The highest BCUT2D eigenvalue weighted by Crippen LogP contribution is 2.27. The van der Waals surface area contributed by atoms with E-state index in [2.05, 4.69) is 21.2 Å². The Morgan fingerprint density at radius 3 is 2.71 bits per heavy atom. The number of hydrogen-bond donors (Lipinski definition) is 2. The zero-order valence-electron chi connectivity index (χ0n) is 8.76. The third-order valence-corrected chi connectivity index (χ3v) is 3.69. The smallest absolute Gasteiger partial charge is 0.330 e. The van der Waals surface area contributed by atoms with Crippen LogP contribution in [0.2, 0.25) is 0 Å². The van der Waals surface area contributed by atoms with Gasteiger partial charge in [-0.3, -0.25) is 0 Å². The van der Waals surface area contributed by atoms with Crippen molar-refractivity contribution in [1.29, 1.82) is 0 Å². The Labute approximate surface area is 111 Å². The summed E-state index contributed by atoms with van der Waals surface area (Å²) in [5, 5.41) is 15.9. The molecule has 0 radical (unpaired) electrons. The van der Waals surface area contributed by atoms with Crippen molar-refractivity contribution >= 4 is 38.9 Å². The van der Waals surface area contributed by atoms with Crippen molar-refractivity contribution in [3.8, 4) is 0 Å². The molecule has 0 bridgehead atoms. The van der Waals surface area contributed by atoms with Crippen LogP contribution in [0.3, 0.4) is 0 Å². The van der Waals surface area contributed by atoms with Crippen LogP contribution in [0.25, 0.3) is 0 Å². The van der Waals surface area contributed by atoms with E-state index in [0.29, 0.717) is 0 Å². The second kappa shape index (κ2) is 5.33. The Kier molecular flexibility index (Phi) is 3.81. The van der Waals surface area contributed by atoms with Crippen molar-refractivity contribution in [1.82, 2.24) is 0 Å². The number of rotatable bonds is 4. The van der Waals surface area contributed by atoms with Gasteiger partial charge in [0.25, 0.3) is 0 Å². The molecule has 0 aliphatic rings. The Morgan fingerprint density at radius 2 is 2.12 bits per heavy atom. The van der Waals surface area contributed by atoms with Crippen LogP contribution in [0.4, 0.5) is 5.69 Å². The average molecular weight is 312 g/mol. The van der Waals surface area contributed by atoms with E-state index in [9.17, 15) is 9.90 Å². The minimum Gasteiger partial charge on any atom is -0.479 e. The second-order valence-corrected chi connectivity index (χ2v) is 5.09.